The maximum atomic E-state index is 13.3. The van der Waals surface area contributed by atoms with Crippen LogP contribution in [0.3, 0.4) is 0 Å². The van der Waals surface area contributed by atoms with Gasteiger partial charge in [-0.05, 0) is 19.8 Å². The molecule has 0 aromatic carbocycles. The lowest BCUT2D eigenvalue weighted by Gasteiger charge is -2.38. The molecule has 8 nitrogen and oxygen atoms in total. The Morgan fingerprint density at radius 2 is 2.00 bits per heavy atom. The van der Waals surface area contributed by atoms with Crippen LogP contribution in [0.25, 0.3) is 0 Å². The van der Waals surface area contributed by atoms with E-state index < -0.39 is 5.54 Å². The number of hydrogen-bond acceptors (Lipinski definition) is 5. The molecule has 1 atom stereocenters. The van der Waals surface area contributed by atoms with E-state index >= 15 is 0 Å². The molecule has 0 aliphatic carbocycles. The van der Waals surface area contributed by atoms with Gasteiger partial charge in [0.25, 0.3) is 11.8 Å². The van der Waals surface area contributed by atoms with Crippen molar-refractivity contribution in [3.05, 3.63) is 41.7 Å². The summed E-state index contributed by atoms with van der Waals surface area (Å²) >= 11 is 0. The van der Waals surface area contributed by atoms with Gasteiger partial charge in [0.2, 0.25) is 0 Å². The first-order chi connectivity index (χ1) is 11.9. The third kappa shape index (κ3) is 2.57. The fraction of sp³-hybridized carbons (Fsp3) is 0.471. The molecule has 0 saturated carbocycles. The smallest absolute Gasteiger partial charge is 0.258 e. The zero-order valence-corrected chi connectivity index (χ0v) is 14.9. The molecule has 2 amide bonds. The van der Waals surface area contributed by atoms with E-state index in [1.54, 1.807) is 55.5 Å². The summed E-state index contributed by atoms with van der Waals surface area (Å²) in [6.07, 6.45) is 7.48. The molecule has 132 valence electrons. The lowest BCUT2D eigenvalue weighted by molar-refractivity contribution is -0.140. The predicted octanol–water partition coefficient (Wildman–Crippen LogP) is 0.738. The van der Waals surface area contributed by atoms with Gasteiger partial charge in [-0.25, -0.2) is 0 Å². The third-order valence-corrected chi connectivity index (χ3v) is 4.84. The van der Waals surface area contributed by atoms with Crippen LogP contribution in [0.15, 0.2) is 24.8 Å². The van der Waals surface area contributed by atoms with Gasteiger partial charge in [-0.15, -0.1) is 0 Å². The number of amides is 2. The van der Waals surface area contributed by atoms with Crippen LogP contribution in [0.1, 0.15) is 34.6 Å². The van der Waals surface area contributed by atoms with Gasteiger partial charge in [-0.1, -0.05) is 0 Å². The van der Waals surface area contributed by atoms with Crippen molar-refractivity contribution in [3.63, 3.8) is 0 Å². The van der Waals surface area contributed by atoms with Crippen LogP contribution in [-0.4, -0.2) is 62.0 Å². The third-order valence-electron chi connectivity index (χ3n) is 4.84. The fourth-order valence-electron chi connectivity index (χ4n) is 3.43. The van der Waals surface area contributed by atoms with Crippen molar-refractivity contribution >= 4 is 11.8 Å². The summed E-state index contributed by atoms with van der Waals surface area (Å²) in [4.78, 5) is 38.0. The predicted molar refractivity (Wildman–Crippen MR) is 90.6 cm³/mol. The normalized spacial score (nSPS) is 19.9. The van der Waals surface area contributed by atoms with E-state index in [1.165, 1.54) is 4.90 Å². The van der Waals surface area contributed by atoms with Crippen molar-refractivity contribution in [1.29, 1.82) is 0 Å². The number of aromatic nitrogens is 4. The van der Waals surface area contributed by atoms with Crippen LogP contribution < -0.4 is 0 Å². The highest BCUT2D eigenvalue weighted by molar-refractivity contribution is 6.00. The molecule has 0 spiro atoms. The highest BCUT2D eigenvalue weighted by Gasteiger charge is 2.53. The Morgan fingerprint density at radius 1 is 1.24 bits per heavy atom. The minimum Gasteiger partial charge on any atom is -0.346 e. The second kappa shape index (κ2) is 6.27. The monoisotopic (exact) mass is 342 g/mol. The molecule has 0 unspecified atom stereocenters. The number of likely N-dealkylation sites (N-methyl/N-ethyl adjacent to an activating group) is 1. The molecule has 1 fully saturated rings. The van der Waals surface area contributed by atoms with E-state index in [-0.39, 0.29) is 11.8 Å². The van der Waals surface area contributed by atoms with Crippen molar-refractivity contribution in [2.45, 2.75) is 25.3 Å². The van der Waals surface area contributed by atoms with Gasteiger partial charge in [0.15, 0.2) is 5.54 Å². The molecule has 25 heavy (non-hydrogen) atoms. The van der Waals surface area contributed by atoms with Crippen LogP contribution in [0.5, 0.6) is 0 Å². The standard InChI is InChI=1S/C17H22N6O2/c1-12-13(10-20-22(12)4)15(24)23-9-5-6-17(23,16(25)21(2)3)14-11-18-7-8-19-14/h7-8,10-11H,5-6,9H2,1-4H3/t17-/m0/s1. The fourth-order valence-corrected chi connectivity index (χ4v) is 3.43. The van der Waals surface area contributed by atoms with Crippen LogP contribution >= 0.6 is 0 Å². The molecule has 3 heterocycles. The molecule has 1 saturated heterocycles. The molecule has 2 aromatic heterocycles. The van der Waals surface area contributed by atoms with Gasteiger partial charge in [0, 0.05) is 45.8 Å². The minimum absolute atomic E-state index is 0.166. The topological polar surface area (TPSA) is 84.2 Å². The Labute approximate surface area is 146 Å². The summed E-state index contributed by atoms with van der Waals surface area (Å²) in [6.45, 7) is 2.33. The SMILES string of the molecule is Cc1c(C(=O)N2CCC[C@@]2(C(=O)N(C)C)c2cnccn2)cnn1C. The second-order valence-electron chi connectivity index (χ2n) is 6.48. The minimum atomic E-state index is -1.13. The zero-order chi connectivity index (χ0) is 18.2. The summed E-state index contributed by atoms with van der Waals surface area (Å²) in [5.41, 5.74) is 0.643. The van der Waals surface area contributed by atoms with E-state index in [4.69, 9.17) is 0 Å². The van der Waals surface area contributed by atoms with Gasteiger partial charge in [-0.2, -0.15) is 5.10 Å². The Hall–Kier alpha value is -2.77. The highest BCUT2D eigenvalue weighted by Crippen LogP contribution is 2.40. The van der Waals surface area contributed by atoms with Gasteiger partial charge in [-0.3, -0.25) is 24.2 Å². The summed E-state index contributed by atoms with van der Waals surface area (Å²) in [6, 6.07) is 0. The maximum Gasteiger partial charge on any atom is 0.258 e. The number of nitrogens with zero attached hydrogens (tertiary/aromatic N) is 6. The molecule has 0 N–H and O–H groups in total. The first kappa shape index (κ1) is 17.1. The Bertz CT molecular complexity index is 801. The largest absolute Gasteiger partial charge is 0.346 e. The van der Waals surface area contributed by atoms with Crippen molar-refractivity contribution in [2.24, 2.45) is 7.05 Å². The lowest BCUT2D eigenvalue weighted by atomic mass is 9.89. The van der Waals surface area contributed by atoms with E-state index in [9.17, 15) is 9.59 Å². The molecule has 1 aliphatic rings. The average Bonchev–Trinajstić information content (AvgIpc) is 3.20. The number of aryl methyl sites for hydroxylation is 1. The van der Waals surface area contributed by atoms with Crippen LogP contribution in [0.4, 0.5) is 0 Å². The Balaban J connectivity index is 2.12. The molecule has 0 radical (unpaired) electrons. The number of hydrogen-bond donors (Lipinski definition) is 0. The Kier molecular flexibility index (Phi) is 4.28. The summed E-state index contributed by atoms with van der Waals surface area (Å²) in [7, 11) is 5.17. The Morgan fingerprint density at radius 3 is 2.56 bits per heavy atom. The number of carbonyl (C=O) groups is 2. The maximum absolute atomic E-state index is 13.3. The number of likely N-dealkylation sites (tertiary alicyclic amines) is 1. The second-order valence-corrected chi connectivity index (χ2v) is 6.48. The molecule has 0 bridgehead atoms. The summed E-state index contributed by atoms with van der Waals surface area (Å²) in [5, 5.41) is 4.15. The van der Waals surface area contributed by atoms with Crippen molar-refractivity contribution in [2.75, 3.05) is 20.6 Å². The quantitative estimate of drug-likeness (QED) is 0.821. The summed E-state index contributed by atoms with van der Waals surface area (Å²) < 4.78 is 1.65. The van der Waals surface area contributed by atoms with Gasteiger partial charge in [0.1, 0.15) is 0 Å². The van der Waals surface area contributed by atoms with Crippen LogP contribution in [0.2, 0.25) is 0 Å². The van der Waals surface area contributed by atoms with Gasteiger partial charge in [0.05, 0.1) is 23.7 Å². The van der Waals surface area contributed by atoms with E-state index in [0.29, 0.717) is 24.2 Å². The van der Waals surface area contributed by atoms with Crippen LogP contribution in [0, 0.1) is 6.92 Å². The van der Waals surface area contributed by atoms with Gasteiger partial charge >= 0.3 is 0 Å². The van der Waals surface area contributed by atoms with Crippen molar-refractivity contribution in [3.8, 4) is 0 Å². The first-order valence-corrected chi connectivity index (χ1v) is 8.18. The van der Waals surface area contributed by atoms with E-state index in [2.05, 4.69) is 15.1 Å². The zero-order valence-electron chi connectivity index (χ0n) is 14.9. The molecule has 2 aromatic rings. The molecule has 8 heteroatoms. The highest BCUT2D eigenvalue weighted by atomic mass is 16.2. The molecule has 1 aliphatic heterocycles. The van der Waals surface area contributed by atoms with Crippen molar-refractivity contribution in [1.82, 2.24) is 29.5 Å². The molecular weight excluding hydrogens is 320 g/mol. The molecule has 3 rings (SSSR count). The average molecular weight is 342 g/mol. The molecular formula is C17H22N6O2. The lowest BCUT2D eigenvalue weighted by Crippen LogP contribution is -2.55. The number of rotatable bonds is 3. The van der Waals surface area contributed by atoms with Crippen LogP contribution in [-0.2, 0) is 17.4 Å². The van der Waals surface area contributed by atoms with E-state index in [1.807, 2.05) is 6.92 Å². The number of carbonyl (C=O) groups excluding carboxylic acids is 2. The first-order valence-electron chi connectivity index (χ1n) is 8.18. The van der Waals surface area contributed by atoms with E-state index in [0.717, 1.165) is 12.1 Å². The van der Waals surface area contributed by atoms with Gasteiger partial charge < -0.3 is 9.80 Å². The van der Waals surface area contributed by atoms with Crippen molar-refractivity contribution < 1.29 is 9.59 Å². The summed E-state index contributed by atoms with van der Waals surface area (Å²) in [5.74, 6) is -0.371.